The van der Waals surface area contributed by atoms with E-state index in [1.54, 1.807) is 30.3 Å². The lowest BCUT2D eigenvalue weighted by Crippen LogP contribution is -2.22. The lowest BCUT2D eigenvalue weighted by atomic mass is 10.1. The fourth-order valence-electron chi connectivity index (χ4n) is 1.56. The van der Waals surface area contributed by atoms with Gasteiger partial charge in [-0.25, -0.2) is 4.79 Å². The summed E-state index contributed by atoms with van der Waals surface area (Å²) in [6.45, 7) is 3.75. The van der Waals surface area contributed by atoms with Crippen LogP contribution in [0.15, 0.2) is 42.5 Å². The Bertz CT molecular complexity index is 520. The van der Waals surface area contributed by atoms with Crippen molar-refractivity contribution < 1.29 is 14.7 Å². The van der Waals surface area contributed by atoms with Crippen LogP contribution in [0.5, 0.6) is 0 Å². The summed E-state index contributed by atoms with van der Waals surface area (Å²) in [6, 6.07) is 6.92. The molecular weight excluding hydrogens is 278 g/mol. The smallest absolute Gasteiger partial charge is 0.331 e. The lowest BCUT2D eigenvalue weighted by Gasteiger charge is -2.04. The predicted octanol–water partition coefficient (Wildman–Crippen LogP) is 2.89. The van der Waals surface area contributed by atoms with Gasteiger partial charge in [0.25, 0.3) is 0 Å². The van der Waals surface area contributed by atoms with E-state index in [0.29, 0.717) is 30.0 Å². The summed E-state index contributed by atoms with van der Waals surface area (Å²) in [4.78, 5) is 22.1. The van der Waals surface area contributed by atoms with Gasteiger partial charge in [-0.15, -0.1) is 0 Å². The van der Waals surface area contributed by atoms with Gasteiger partial charge in [0.2, 0.25) is 5.91 Å². The molecule has 1 rings (SSSR count). The molecule has 0 aliphatic heterocycles. The lowest BCUT2D eigenvalue weighted by molar-refractivity contribution is -0.132. The van der Waals surface area contributed by atoms with Crippen LogP contribution in [0.25, 0.3) is 6.08 Å². The third kappa shape index (κ3) is 5.71. The van der Waals surface area contributed by atoms with E-state index in [1.807, 2.05) is 0 Å². The minimum Gasteiger partial charge on any atom is -0.478 e. The van der Waals surface area contributed by atoms with Crippen LogP contribution in [0, 0.1) is 0 Å². The maximum atomic E-state index is 11.2. The van der Waals surface area contributed by atoms with Gasteiger partial charge < -0.3 is 10.4 Å². The molecule has 0 atom stereocenters. The molecule has 0 unspecified atom stereocenters. The summed E-state index contributed by atoms with van der Waals surface area (Å²) in [5.74, 6) is -1.22. The first kappa shape index (κ1) is 16.0. The molecule has 5 heteroatoms. The van der Waals surface area contributed by atoms with Gasteiger partial charge in [-0.2, -0.15) is 0 Å². The van der Waals surface area contributed by atoms with Crippen LogP contribution < -0.4 is 5.32 Å². The SMILES string of the molecule is C=CC(=O)NCCC/C(=C\c1ccc(Cl)cc1)C(=O)O. The number of nitrogens with one attached hydrogen (secondary N) is 1. The van der Waals surface area contributed by atoms with E-state index < -0.39 is 5.97 Å². The average Bonchev–Trinajstić information content (AvgIpc) is 2.43. The highest BCUT2D eigenvalue weighted by molar-refractivity contribution is 6.30. The van der Waals surface area contributed by atoms with E-state index in [4.69, 9.17) is 16.7 Å². The summed E-state index contributed by atoms with van der Waals surface area (Å²) in [5.41, 5.74) is 1.07. The minimum absolute atomic E-state index is 0.261. The molecule has 0 aliphatic rings. The predicted molar refractivity (Wildman–Crippen MR) is 79.5 cm³/mol. The topological polar surface area (TPSA) is 66.4 Å². The molecule has 0 saturated carbocycles. The van der Waals surface area contributed by atoms with Crippen LogP contribution in [0.4, 0.5) is 0 Å². The number of hydrogen-bond acceptors (Lipinski definition) is 2. The molecule has 1 aromatic carbocycles. The first-order valence-electron chi connectivity index (χ1n) is 6.12. The molecule has 106 valence electrons. The Balaban J connectivity index is 2.60. The fraction of sp³-hybridized carbons (Fsp3) is 0.200. The number of aliphatic carboxylic acids is 1. The van der Waals surface area contributed by atoms with Crippen molar-refractivity contribution in [3.8, 4) is 0 Å². The van der Waals surface area contributed by atoms with Gasteiger partial charge in [0.05, 0.1) is 0 Å². The monoisotopic (exact) mass is 293 g/mol. The molecule has 1 aromatic rings. The molecule has 0 saturated heterocycles. The molecule has 2 N–H and O–H groups in total. The Morgan fingerprint density at radius 1 is 1.30 bits per heavy atom. The Morgan fingerprint density at radius 3 is 2.50 bits per heavy atom. The van der Waals surface area contributed by atoms with E-state index in [0.717, 1.165) is 5.56 Å². The first-order chi connectivity index (χ1) is 9.52. The van der Waals surface area contributed by atoms with Crippen molar-refractivity contribution >= 4 is 29.6 Å². The minimum atomic E-state index is -0.963. The molecule has 0 heterocycles. The van der Waals surface area contributed by atoms with Crippen molar-refractivity contribution in [1.82, 2.24) is 5.32 Å². The third-order valence-electron chi connectivity index (χ3n) is 2.59. The molecule has 0 bridgehead atoms. The highest BCUT2D eigenvalue weighted by atomic mass is 35.5. The van der Waals surface area contributed by atoms with Crippen molar-refractivity contribution in [3.05, 3.63) is 53.1 Å². The van der Waals surface area contributed by atoms with Gasteiger partial charge >= 0.3 is 5.97 Å². The van der Waals surface area contributed by atoms with Crippen molar-refractivity contribution in [3.63, 3.8) is 0 Å². The highest BCUT2D eigenvalue weighted by Gasteiger charge is 2.07. The molecule has 4 nitrogen and oxygen atoms in total. The second kappa shape index (κ2) is 8.17. The summed E-state index contributed by atoms with van der Waals surface area (Å²) in [7, 11) is 0. The summed E-state index contributed by atoms with van der Waals surface area (Å²) in [6.07, 6.45) is 3.70. The molecule has 0 fully saturated rings. The number of hydrogen-bond donors (Lipinski definition) is 2. The Morgan fingerprint density at radius 2 is 1.95 bits per heavy atom. The maximum absolute atomic E-state index is 11.2. The van der Waals surface area contributed by atoms with Gasteiger partial charge in [0, 0.05) is 17.1 Å². The normalized spacial score (nSPS) is 10.9. The summed E-state index contributed by atoms with van der Waals surface area (Å²) in [5, 5.41) is 12.4. The molecule has 1 amide bonds. The molecule has 0 aromatic heterocycles. The van der Waals surface area contributed by atoms with Crippen molar-refractivity contribution in [2.75, 3.05) is 6.54 Å². The zero-order valence-corrected chi connectivity index (χ0v) is 11.7. The van der Waals surface area contributed by atoms with Crippen LogP contribution in [-0.2, 0) is 9.59 Å². The number of halogens is 1. The number of carbonyl (C=O) groups excluding carboxylic acids is 1. The first-order valence-corrected chi connectivity index (χ1v) is 6.50. The van der Waals surface area contributed by atoms with Crippen molar-refractivity contribution in [2.45, 2.75) is 12.8 Å². The molecular formula is C15H16ClNO3. The maximum Gasteiger partial charge on any atom is 0.331 e. The largest absolute Gasteiger partial charge is 0.478 e. The van der Waals surface area contributed by atoms with Crippen LogP contribution in [-0.4, -0.2) is 23.5 Å². The number of carboxylic acid groups (broad SMARTS) is 1. The van der Waals surface area contributed by atoms with Crippen LogP contribution in [0.3, 0.4) is 0 Å². The van der Waals surface area contributed by atoms with Crippen molar-refractivity contribution in [1.29, 1.82) is 0 Å². The summed E-state index contributed by atoms with van der Waals surface area (Å²) >= 11 is 5.77. The van der Waals surface area contributed by atoms with Crippen molar-refractivity contribution in [2.24, 2.45) is 0 Å². The van der Waals surface area contributed by atoms with E-state index in [9.17, 15) is 9.59 Å². The average molecular weight is 294 g/mol. The fourth-order valence-corrected chi connectivity index (χ4v) is 1.69. The van der Waals surface area contributed by atoms with Crippen LogP contribution in [0.2, 0.25) is 5.02 Å². The Kier molecular flexibility index (Phi) is 6.53. The molecule has 0 spiro atoms. The van der Waals surface area contributed by atoms with E-state index in [1.165, 1.54) is 6.08 Å². The highest BCUT2D eigenvalue weighted by Crippen LogP contribution is 2.15. The van der Waals surface area contributed by atoms with Gasteiger partial charge in [-0.1, -0.05) is 30.3 Å². The Hall–Kier alpha value is -2.07. The second-order valence-corrected chi connectivity index (χ2v) is 4.56. The zero-order valence-electron chi connectivity index (χ0n) is 10.9. The van der Waals surface area contributed by atoms with Gasteiger partial charge in [-0.3, -0.25) is 4.79 Å². The quantitative estimate of drug-likeness (QED) is 0.600. The van der Waals surface area contributed by atoms with E-state index in [2.05, 4.69) is 11.9 Å². The summed E-state index contributed by atoms with van der Waals surface area (Å²) < 4.78 is 0. The van der Waals surface area contributed by atoms with E-state index in [-0.39, 0.29) is 5.91 Å². The molecule has 0 radical (unpaired) electrons. The third-order valence-corrected chi connectivity index (χ3v) is 2.85. The van der Waals surface area contributed by atoms with Crippen LogP contribution in [0.1, 0.15) is 18.4 Å². The number of amides is 1. The van der Waals surface area contributed by atoms with Crippen LogP contribution >= 0.6 is 11.6 Å². The number of rotatable bonds is 7. The Labute approximate surface area is 122 Å². The number of carboxylic acids is 1. The van der Waals surface area contributed by atoms with Gasteiger partial charge in [-0.05, 0) is 42.7 Å². The molecule has 0 aliphatic carbocycles. The van der Waals surface area contributed by atoms with E-state index >= 15 is 0 Å². The van der Waals surface area contributed by atoms with Gasteiger partial charge in [0.1, 0.15) is 0 Å². The number of benzene rings is 1. The number of carbonyl (C=O) groups is 2. The zero-order chi connectivity index (χ0) is 15.0. The van der Waals surface area contributed by atoms with Gasteiger partial charge in [0.15, 0.2) is 0 Å². The molecule has 20 heavy (non-hydrogen) atoms. The standard InChI is InChI=1S/C15H16ClNO3/c1-2-14(18)17-9-3-4-12(15(19)20)10-11-5-7-13(16)8-6-11/h2,5-8,10H,1,3-4,9H2,(H,17,18)(H,19,20)/b12-10+. The second-order valence-electron chi connectivity index (χ2n) is 4.12.